The van der Waals surface area contributed by atoms with Gasteiger partial charge in [-0.1, -0.05) is 6.07 Å². The Morgan fingerprint density at radius 1 is 1.20 bits per heavy atom. The lowest BCUT2D eigenvalue weighted by atomic mass is 10.2. The van der Waals surface area contributed by atoms with Gasteiger partial charge in [0.15, 0.2) is 0 Å². The fourth-order valence-corrected chi connectivity index (χ4v) is 3.74. The van der Waals surface area contributed by atoms with Crippen molar-refractivity contribution in [1.29, 1.82) is 0 Å². The highest BCUT2D eigenvalue weighted by Crippen LogP contribution is 2.18. The number of likely N-dealkylation sites (N-methyl/N-ethyl adjacent to an activating group) is 1. The number of nitrogens with zero attached hydrogens (tertiary/aromatic N) is 2. The Kier molecular flexibility index (Phi) is 4.42. The van der Waals surface area contributed by atoms with Gasteiger partial charge in [0.05, 0.1) is 4.90 Å². The maximum Gasteiger partial charge on any atom is 0.248 e. The standard InChI is InChI=1S/C13H19N3O3S/c1-15-6-3-7-16(9-8-15)20(18,19)12-5-2-4-11(10-12)13(14)17/h2,4-5,10H,3,6-9H2,1H3,(H2,14,17). The number of carbonyl (C=O) groups is 1. The third-order valence-corrected chi connectivity index (χ3v) is 5.33. The molecule has 1 aliphatic rings. The highest BCUT2D eigenvalue weighted by atomic mass is 32.2. The van der Waals surface area contributed by atoms with E-state index in [1.165, 1.54) is 28.6 Å². The summed E-state index contributed by atoms with van der Waals surface area (Å²) in [4.78, 5) is 13.4. The second-order valence-corrected chi connectivity index (χ2v) is 6.89. The van der Waals surface area contributed by atoms with Gasteiger partial charge in [-0.05, 0) is 38.2 Å². The smallest absolute Gasteiger partial charge is 0.248 e. The molecule has 0 saturated carbocycles. The number of hydrogen-bond acceptors (Lipinski definition) is 4. The van der Waals surface area contributed by atoms with Gasteiger partial charge >= 0.3 is 0 Å². The molecule has 2 rings (SSSR count). The van der Waals surface area contributed by atoms with E-state index in [1.807, 2.05) is 7.05 Å². The van der Waals surface area contributed by atoms with Gasteiger partial charge in [0.1, 0.15) is 0 Å². The molecule has 1 fully saturated rings. The molecule has 6 nitrogen and oxygen atoms in total. The van der Waals surface area contributed by atoms with Crippen LogP contribution >= 0.6 is 0 Å². The first-order valence-electron chi connectivity index (χ1n) is 6.50. The number of nitrogens with two attached hydrogens (primary N) is 1. The minimum absolute atomic E-state index is 0.123. The summed E-state index contributed by atoms with van der Waals surface area (Å²) in [7, 11) is -1.59. The summed E-state index contributed by atoms with van der Waals surface area (Å²) < 4.78 is 26.6. The van der Waals surface area contributed by atoms with Crippen LogP contribution < -0.4 is 5.73 Å². The normalized spacial score (nSPS) is 18.6. The van der Waals surface area contributed by atoms with Crippen LogP contribution in [0, 0.1) is 0 Å². The van der Waals surface area contributed by atoms with Crippen molar-refractivity contribution in [2.75, 3.05) is 33.2 Å². The van der Waals surface area contributed by atoms with E-state index in [0.29, 0.717) is 19.6 Å². The number of hydrogen-bond donors (Lipinski definition) is 1. The molecule has 1 aliphatic heterocycles. The van der Waals surface area contributed by atoms with Gasteiger partial charge in [-0.3, -0.25) is 4.79 Å². The summed E-state index contributed by atoms with van der Waals surface area (Å²) >= 11 is 0. The molecule has 0 radical (unpaired) electrons. The zero-order chi connectivity index (χ0) is 14.8. The van der Waals surface area contributed by atoms with E-state index >= 15 is 0 Å². The SMILES string of the molecule is CN1CCCN(S(=O)(=O)c2cccc(C(N)=O)c2)CC1. The second kappa shape index (κ2) is 5.90. The molecular formula is C13H19N3O3S. The first kappa shape index (κ1) is 15.0. The molecule has 110 valence electrons. The van der Waals surface area contributed by atoms with Crippen LogP contribution in [0.2, 0.25) is 0 Å². The first-order valence-corrected chi connectivity index (χ1v) is 7.94. The summed E-state index contributed by atoms with van der Waals surface area (Å²) in [5, 5.41) is 0. The minimum Gasteiger partial charge on any atom is -0.366 e. The molecule has 0 bridgehead atoms. The Balaban J connectivity index is 2.29. The molecule has 0 atom stereocenters. The second-order valence-electron chi connectivity index (χ2n) is 4.95. The Morgan fingerprint density at radius 2 is 1.95 bits per heavy atom. The van der Waals surface area contributed by atoms with E-state index in [0.717, 1.165) is 13.0 Å². The van der Waals surface area contributed by atoms with Gasteiger partial charge in [-0.25, -0.2) is 8.42 Å². The van der Waals surface area contributed by atoms with Crippen LogP contribution in [0.15, 0.2) is 29.2 Å². The van der Waals surface area contributed by atoms with Crippen LogP contribution in [-0.4, -0.2) is 56.8 Å². The van der Waals surface area contributed by atoms with Crippen LogP contribution in [-0.2, 0) is 10.0 Å². The molecular weight excluding hydrogens is 278 g/mol. The van der Waals surface area contributed by atoms with Crippen LogP contribution in [0.5, 0.6) is 0 Å². The molecule has 0 spiro atoms. The Morgan fingerprint density at radius 3 is 2.65 bits per heavy atom. The third kappa shape index (κ3) is 3.17. The van der Waals surface area contributed by atoms with Crippen LogP contribution in [0.25, 0.3) is 0 Å². The van der Waals surface area contributed by atoms with Crippen molar-refractivity contribution in [3.05, 3.63) is 29.8 Å². The number of amides is 1. The van der Waals surface area contributed by atoms with Crippen molar-refractivity contribution in [1.82, 2.24) is 9.21 Å². The van der Waals surface area contributed by atoms with E-state index in [2.05, 4.69) is 4.90 Å². The number of rotatable bonds is 3. The zero-order valence-corrected chi connectivity index (χ0v) is 12.3. The fourth-order valence-electron chi connectivity index (χ4n) is 2.22. The Bertz CT molecular complexity index is 601. The first-order chi connectivity index (χ1) is 9.41. The number of benzene rings is 1. The molecule has 2 N–H and O–H groups in total. The predicted octanol–water partition coefficient (Wildman–Crippen LogP) is 0.112. The third-order valence-electron chi connectivity index (χ3n) is 3.43. The Hall–Kier alpha value is -1.44. The molecule has 20 heavy (non-hydrogen) atoms. The fraction of sp³-hybridized carbons (Fsp3) is 0.462. The summed E-state index contributed by atoms with van der Waals surface area (Å²) in [6.45, 7) is 2.54. The maximum atomic E-state index is 12.6. The summed E-state index contributed by atoms with van der Waals surface area (Å²) in [6.07, 6.45) is 0.797. The molecule has 1 heterocycles. The average molecular weight is 297 g/mol. The van der Waals surface area contributed by atoms with Gasteiger partial charge in [-0.2, -0.15) is 4.31 Å². The zero-order valence-electron chi connectivity index (χ0n) is 11.4. The van der Waals surface area contributed by atoms with Gasteiger partial charge < -0.3 is 10.6 Å². The molecule has 1 saturated heterocycles. The lowest BCUT2D eigenvalue weighted by Gasteiger charge is -2.20. The van der Waals surface area contributed by atoms with E-state index < -0.39 is 15.9 Å². The molecule has 1 aromatic carbocycles. The van der Waals surface area contributed by atoms with Gasteiger partial charge in [0, 0.05) is 25.2 Å². The van der Waals surface area contributed by atoms with Crippen LogP contribution in [0.4, 0.5) is 0 Å². The van der Waals surface area contributed by atoms with Gasteiger partial charge in [-0.15, -0.1) is 0 Å². The highest BCUT2D eigenvalue weighted by Gasteiger charge is 2.26. The predicted molar refractivity (Wildman–Crippen MR) is 75.8 cm³/mol. The average Bonchev–Trinajstić information content (AvgIpc) is 2.64. The largest absolute Gasteiger partial charge is 0.366 e. The van der Waals surface area contributed by atoms with Crippen molar-refractivity contribution in [2.24, 2.45) is 5.73 Å². The van der Waals surface area contributed by atoms with E-state index in [4.69, 9.17) is 5.73 Å². The van der Waals surface area contributed by atoms with Crippen molar-refractivity contribution >= 4 is 15.9 Å². The molecule has 0 aliphatic carbocycles. The number of carbonyl (C=O) groups excluding carboxylic acids is 1. The number of sulfonamides is 1. The summed E-state index contributed by atoms with van der Waals surface area (Å²) in [5.41, 5.74) is 5.40. The van der Waals surface area contributed by atoms with Crippen molar-refractivity contribution in [2.45, 2.75) is 11.3 Å². The maximum absolute atomic E-state index is 12.6. The van der Waals surface area contributed by atoms with Crippen LogP contribution in [0.3, 0.4) is 0 Å². The quantitative estimate of drug-likeness (QED) is 0.858. The van der Waals surface area contributed by atoms with Gasteiger partial charge in [0.25, 0.3) is 0 Å². The van der Waals surface area contributed by atoms with Crippen molar-refractivity contribution in [3.8, 4) is 0 Å². The number of primary amides is 1. The molecule has 7 heteroatoms. The lowest BCUT2D eigenvalue weighted by Crippen LogP contribution is -2.34. The van der Waals surface area contributed by atoms with E-state index in [1.54, 1.807) is 0 Å². The van der Waals surface area contributed by atoms with Gasteiger partial charge in [0.2, 0.25) is 15.9 Å². The van der Waals surface area contributed by atoms with Crippen LogP contribution in [0.1, 0.15) is 16.8 Å². The van der Waals surface area contributed by atoms with Crippen molar-refractivity contribution < 1.29 is 13.2 Å². The summed E-state index contributed by atoms with van der Waals surface area (Å²) in [5.74, 6) is -0.627. The summed E-state index contributed by atoms with van der Waals surface area (Å²) in [6, 6.07) is 5.89. The topological polar surface area (TPSA) is 83.7 Å². The minimum atomic E-state index is -3.57. The molecule has 0 unspecified atom stereocenters. The molecule has 0 aromatic heterocycles. The monoisotopic (exact) mass is 297 g/mol. The molecule has 1 amide bonds. The van der Waals surface area contributed by atoms with Crippen molar-refractivity contribution in [3.63, 3.8) is 0 Å². The Labute approximate surface area is 119 Å². The lowest BCUT2D eigenvalue weighted by molar-refractivity contribution is 0.1000. The van der Waals surface area contributed by atoms with E-state index in [-0.39, 0.29) is 10.5 Å². The highest BCUT2D eigenvalue weighted by molar-refractivity contribution is 7.89. The molecule has 1 aromatic rings. The van der Waals surface area contributed by atoms with E-state index in [9.17, 15) is 13.2 Å².